The SMILES string of the molecule is Cc1cc(C)cc(C(C)NC(C)C(=O)N2CCOCC2)c1. The van der Waals surface area contributed by atoms with Gasteiger partial charge in [-0.05, 0) is 33.3 Å². The maximum atomic E-state index is 12.4. The molecule has 2 atom stereocenters. The van der Waals surface area contributed by atoms with Gasteiger partial charge in [-0.15, -0.1) is 0 Å². The number of morpholine rings is 1. The topological polar surface area (TPSA) is 41.6 Å². The number of nitrogens with zero attached hydrogens (tertiary/aromatic N) is 1. The van der Waals surface area contributed by atoms with Gasteiger partial charge in [0, 0.05) is 19.1 Å². The number of ether oxygens (including phenoxy) is 1. The van der Waals surface area contributed by atoms with Crippen LogP contribution in [0.5, 0.6) is 0 Å². The van der Waals surface area contributed by atoms with Crippen molar-refractivity contribution in [3.63, 3.8) is 0 Å². The lowest BCUT2D eigenvalue weighted by atomic mass is 10.0. The molecular formula is C17H26N2O2. The Morgan fingerprint density at radius 2 is 1.71 bits per heavy atom. The van der Waals surface area contributed by atoms with Crippen molar-refractivity contribution < 1.29 is 9.53 Å². The Balaban J connectivity index is 1.97. The first-order valence-electron chi connectivity index (χ1n) is 7.68. The van der Waals surface area contributed by atoms with Crippen molar-refractivity contribution in [3.05, 3.63) is 34.9 Å². The molecule has 0 aromatic heterocycles. The van der Waals surface area contributed by atoms with E-state index in [1.54, 1.807) is 0 Å². The number of aryl methyl sites for hydroxylation is 2. The fraction of sp³-hybridized carbons (Fsp3) is 0.588. The van der Waals surface area contributed by atoms with Gasteiger partial charge in [0.2, 0.25) is 5.91 Å². The van der Waals surface area contributed by atoms with E-state index in [9.17, 15) is 4.79 Å². The van der Waals surface area contributed by atoms with Crippen molar-refractivity contribution >= 4 is 5.91 Å². The predicted molar refractivity (Wildman–Crippen MR) is 84.3 cm³/mol. The summed E-state index contributed by atoms with van der Waals surface area (Å²) in [5.74, 6) is 0.162. The molecule has 21 heavy (non-hydrogen) atoms. The molecule has 0 saturated carbocycles. The average molecular weight is 290 g/mol. The number of amides is 1. The summed E-state index contributed by atoms with van der Waals surface area (Å²) in [6, 6.07) is 6.49. The minimum Gasteiger partial charge on any atom is -0.378 e. The summed E-state index contributed by atoms with van der Waals surface area (Å²) in [4.78, 5) is 14.3. The van der Waals surface area contributed by atoms with E-state index in [1.165, 1.54) is 16.7 Å². The monoisotopic (exact) mass is 290 g/mol. The van der Waals surface area contributed by atoms with E-state index in [-0.39, 0.29) is 18.0 Å². The van der Waals surface area contributed by atoms with Crippen LogP contribution in [0.1, 0.15) is 36.6 Å². The zero-order chi connectivity index (χ0) is 15.4. The van der Waals surface area contributed by atoms with Crippen LogP contribution < -0.4 is 5.32 Å². The van der Waals surface area contributed by atoms with E-state index in [2.05, 4.69) is 44.3 Å². The highest BCUT2D eigenvalue weighted by molar-refractivity contribution is 5.81. The van der Waals surface area contributed by atoms with Gasteiger partial charge in [0.25, 0.3) is 0 Å². The van der Waals surface area contributed by atoms with Gasteiger partial charge in [0.05, 0.1) is 19.3 Å². The normalized spacial score (nSPS) is 18.4. The van der Waals surface area contributed by atoms with E-state index in [4.69, 9.17) is 4.74 Å². The molecule has 2 rings (SSSR count). The van der Waals surface area contributed by atoms with Crippen LogP contribution in [0.25, 0.3) is 0 Å². The summed E-state index contributed by atoms with van der Waals surface area (Å²) in [7, 11) is 0. The molecule has 2 unspecified atom stereocenters. The minimum absolute atomic E-state index is 0.156. The first kappa shape index (κ1) is 16.0. The maximum Gasteiger partial charge on any atom is 0.239 e. The molecule has 1 heterocycles. The summed E-state index contributed by atoms with van der Waals surface area (Å²) in [5.41, 5.74) is 3.74. The molecule has 4 heteroatoms. The van der Waals surface area contributed by atoms with Crippen LogP contribution in [0.2, 0.25) is 0 Å². The quantitative estimate of drug-likeness (QED) is 0.924. The molecule has 4 nitrogen and oxygen atoms in total. The average Bonchev–Trinajstić information content (AvgIpc) is 2.46. The maximum absolute atomic E-state index is 12.4. The smallest absolute Gasteiger partial charge is 0.239 e. The molecule has 1 aliphatic rings. The number of carbonyl (C=O) groups is 1. The fourth-order valence-electron chi connectivity index (χ4n) is 2.86. The number of hydrogen-bond donors (Lipinski definition) is 1. The Morgan fingerprint density at radius 3 is 2.29 bits per heavy atom. The van der Waals surface area contributed by atoms with Gasteiger partial charge < -0.3 is 9.64 Å². The number of nitrogens with one attached hydrogen (secondary N) is 1. The van der Waals surface area contributed by atoms with Gasteiger partial charge in [0.15, 0.2) is 0 Å². The van der Waals surface area contributed by atoms with Gasteiger partial charge in [-0.25, -0.2) is 0 Å². The Bertz CT molecular complexity index is 475. The van der Waals surface area contributed by atoms with Crippen molar-refractivity contribution in [1.82, 2.24) is 10.2 Å². The predicted octanol–water partition coefficient (Wildman–Crippen LogP) is 2.20. The molecule has 1 fully saturated rings. The molecule has 1 N–H and O–H groups in total. The van der Waals surface area contributed by atoms with Gasteiger partial charge in [0.1, 0.15) is 0 Å². The molecule has 1 saturated heterocycles. The van der Waals surface area contributed by atoms with Crippen LogP contribution in [-0.4, -0.2) is 43.2 Å². The second-order valence-electron chi connectivity index (χ2n) is 5.97. The van der Waals surface area contributed by atoms with Gasteiger partial charge in [-0.3, -0.25) is 10.1 Å². The van der Waals surface area contributed by atoms with Crippen molar-refractivity contribution in [2.75, 3.05) is 26.3 Å². The van der Waals surface area contributed by atoms with Crippen molar-refractivity contribution in [2.24, 2.45) is 0 Å². The molecule has 0 bridgehead atoms. The fourth-order valence-corrected chi connectivity index (χ4v) is 2.86. The van der Waals surface area contributed by atoms with Crippen LogP contribution >= 0.6 is 0 Å². The van der Waals surface area contributed by atoms with E-state index in [1.807, 2.05) is 11.8 Å². The summed E-state index contributed by atoms with van der Waals surface area (Å²) in [6.45, 7) is 10.9. The van der Waals surface area contributed by atoms with E-state index in [0.29, 0.717) is 26.3 Å². The second-order valence-corrected chi connectivity index (χ2v) is 5.97. The molecule has 1 aromatic carbocycles. The summed E-state index contributed by atoms with van der Waals surface area (Å²) in [6.07, 6.45) is 0. The first-order valence-corrected chi connectivity index (χ1v) is 7.68. The number of carbonyl (C=O) groups excluding carboxylic acids is 1. The number of benzene rings is 1. The van der Waals surface area contributed by atoms with Crippen molar-refractivity contribution in [3.8, 4) is 0 Å². The lowest BCUT2D eigenvalue weighted by Gasteiger charge is -2.30. The lowest BCUT2D eigenvalue weighted by molar-refractivity contribution is -0.137. The molecule has 0 aliphatic carbocycles. The van der Waals surface area contributed by atoms with E-state index in [0.717, 1.165) is 0 Å². The molecule has 1 amide bonds. The first-order chi connectivity index (χ1) is 9.97. The third-order valence-corrected chi connectivity index (χ3v) is 3.94. The molecule has 1 aliphatic heterocycles. The molecular weight excluding hydrogens is 264 g/mol. The van der Waals surface area contributed by atoms with Gasteiger partial charge in [-0.2, -0.15) is 0 Å². The largest absolute Gasteiger partial charge is 0.378 e. The zero-order valence-corrected chi connectivity index (χ0v) is 13.5. The van der Waals surface area contributed by atoms with Crippen molar-refractivity contribution in [1.29, 1.82) is 0 Å². The second kappa shape index (κ2) is 7.05. The standard InChI is InChI=1S/C17H26N2O2/c1-12-9-13(2)11-16(10-12)14(3)18-15(4)17(20)19-5-7-21-8-6-19/h9-11,14-15,18H,5-8H2,1-4H3. The molecule has 116 valence electrons. The van der Waals surface area contributed by atoms with Crippen LogP contribution in [0, 0.1) is 13.8 Å². The molecule has 0 spiro atoms. The number of hydrogen-bond acceptors (Lipinski definition) is 3. The van der Waals surface area contributed by atoms with Crippen LogP contribution in [0.3, 0.4) is 0 Å². The van der Waals surface area contributed by atoms with Crippen LogP contribution in [-0.2, 0) is 9.53 Å². The highest BCUT2D eigenvalue weighted by atomic mass is 16.5. The summed E-state index contributed by atoms with van der Waals surface area (Å²) >= 11 is 0. The number of rotatable bonds is 4. The Morgan fingerprint density at radius 1 is 1.14 bits per heavy atom. The molecule has 0 radical (unpaired) electrons. The van der Waals surface area contributed by atoms with E-state index >= 15 is 0 Å². The summed E-state index contributed by atoms with van der Waals surface area (Å²) < 4.78 is 5.29. The highest BCUT2D eigenvalue weighted by Crippen LogP contribution is 2.17. The minimum atomic E-state index is -0.182. The highest BCUT2D eigenvalue weighted by Gasteiger charge is 2.23. The van der Waals surface area contributed by atoms with E-state index < -0.39 is 0 Å². The van der Waals surface area contributed by atoms with Crippen molar-refractivity contribution in [2.45, 2.75) is 39.8 Å². The van der Waals surface area contributed by atoms with Gasteiger partial charge in [-0.1, -0.05) is 29.3 Å². The lowest BCUT2D eigenvalue weighted by Crippen LogP contribution is -2.49. The molecule has 1 aromatic rings. The Kier molecular flexibility index (Phi) is 5.37. The zero-order valence-electron chi connectivity index (χ0n) is 13.5. The summed E-state index contributed by atoms with van der Waals surface area (Å²) in [5, 5.41) is 3.42. The Labute approximate surface area is 127 Å². The van der Waals surface area contributed by atoms with Gasteiger partial charge >= 0.3 is 0 Å². The third-order valence-electron chi connectivity index (χ3n) is 3.94. The third kappa shape index (κ3) is 4.29. The van der Waals surface area contributed by atoms with Crippen LogP contribution in [0.4, 0.5) is 0 Å². The van der Waals surface area contributed by atoms with Crippen LogP contribution in [0.15, 0.2) is 18.2 Å². The Hall–Kier alpha value is -1.39.